The molecular weight excluding hydrogens is 494 g/mol. The van der Waals surface area contributed by atoms with Crippen LogP contribution >= 0.6 is 0 Å². The van der Waals surface area contributed by atoms with Crippen molar-refractivity contribution in [2.75, 3.05) is 13.1 Å². The lowest BCUT2D eigenvalue weighted by molar-refractivity contribution is 0.101. The number of H-pyrrole nitrogens is 2. The maximum absolute atomic E-state index is 13.4. The molecule has 3 atom stereocenters. The van der Waals surface area contributed by atoms with Gasteiger partial charge >= 0.3 is 0 Å². The van der Waals surface area contributed by atoms with Crippen molar-refractivity contribution in [1.29, 1.82) is 0 Å². The third-order valence-electron chi connectivity index (χ3n) is 7.98. The Morgan fingerprint density at radius 3 is 2.74 bits per heavy atom. The van der Waals surface area contributed by atoms with E-state index < -0.39 is 0 Å². The molecule has 5 aromatic rings. The molecule has 9 nitrogen and oxygen atoms in total. The predicted octanol–water partition coefficient (Wildman–Crippen LogP) is 3.96. The molecule has 39 heavy (non-hydrogen) atoms. The van der Waals surface area contributed by atoms with Gasteiger partial charge in [0, 0.05) is 36.7 Å². The lowest BCUT2D eigenvalue weighted by atomic mass is 10.0. The normalized spacial score (nSPS) is 20.4. The summed E-state index contributed by atoms with van der Waals surface area (Å²) >= 11 is 0. The molecule has 2 aliphatic heterocycles. The number of rotatable bonds is 2. The number of hydrogen-bond acceptors (Lipinski definition) is 6. The molecule has 3 aromatic carbocycles. The van der Waals surface area contributed by atoms with Crippen LogP contribution in [0.25, 0.3) is 44.3 Å². The van der Waals surface area contributed by atoms with Gasteiger partial charge in [0.1, 0.15) is 23.1 Å². The van der Waals surface area contributed by atoms with E-state index in [1.165, 1.54) is 0 Å². The molecule has 0 saturated carbocycles. The van der Waals surface area contributed by atoms with E-state index in [4.69, 9.17) is 9.72 Å². The number of hydrogen-bond donors (Lipinski definition) is 2. The summed E-state index contributed by atoms with van der Waals surface area (Å²) in [7, 11) is 0. The van der Waals surface area contributed by atoms with Crippen LogP contribution in [-0.2, 0) is 6.54 Å². The van der Waals surface area contributed by atoms with Gasteiger partial charge < -0.3 is 9.72 Å². The van der Waals surface area contributed by atoms with Gasteiger partial charge in [-0.15, -0.1) is 0 Å². The van der Waals surface area contributed by atoms with Crippen LogP contribution in [0.5, 0.6) is 5.75 Å². The Morgan fingerprint density at radius 2 is 1.90 bits per heavy atom. The van der Waals surface area contributed by atoms with Crippen molar-refractivity contribution in [1.82, 2.24) is 24.6 Å². The number of aromatic amines is 2. The lowest BCUT2D eigenvalue weighted by Crippen LogP contribution is -2.33. The first-order valence-corrected chi connectivity index (χ1v) is 13.2. The Morgan fingerprint density at radius 1 is 1.05 bits per heavy atom. The van der Waals surface area contributed by atoms with Crippen LogP contribution in [0.4, 0.5) is 0 Å². The van der Waals surface area contributed by atoms with Crippen LogP contribution in [0, 0.1) is 0 Å². The van der Waals surface area contributed by atoms with Gasteiger partial charge in [0.25, 0.3) is 11.1 Å². The maximum Gasteiger partial charge on any atom is 0.275 e. The van der Waals surface area contributed by atoms with Gasteiger partial charge in [0.15, 0.2) is 5.78 Å². The average Bonchev–Trinajstić information content (AvgIpc) is 3.44. The summed E-state index contributed by atoms with van der Waals surface area (Å²) in [5, 5.41) is 3.76. The average molecular weight is 522 g/mol. The molecule has 0 amide bonds. The van der Waals surface area contributed by atoms with Crippen molar-refractivity contribution < 1.29 is 9.53 Å². The Hall–Kier alpha value is -4.50. The van der Waals surface area contributed by atoms with Crippen molar-refractivity contribution in [3.63, 3.8) is 0 Å². The van der Waals surface area contributed by atoms with Crippen LogP contribution in [0.2, 0.25) is 0 Å². The number of para-hydroxylation sites is 1. The molecule has 0 spiro atoms. The van der Waals surface area contributed by atoms with E-state index in [0.717, 1.165) is 17.5 Å². The zero-order valence-electron chi connectivity index (χ0n) is 21.7. The minimum absolute atomic E-state index is 0.0173. The SMILES string of the molecule is CC(=O)c1cccc(-c2cc3c4nc(c(=O)[nH]c4c2)-c2cccc4c(=O)n([nH]c24)CCN2CC(C[C@H]2C)O3)c1. The highest BCUT2D eigenvalue weighted by molar-refractivity contribution is 5.97. The first-order valence-electron chi connectivity index (χ1n) is 13.2. The van der Waals surface area contributed by atoms with E-state index in [9.17, 15) is 14.4 Å². The zero-order valence-corrected chi connectivity index (χ0v) is 21.7. The molecule has 2 N–H and O–H groups in total. The second-order valence-corrected chi connectivity index (χ2v) is 10.5. The number of Topliss-reactive ketones (excluding diaryl/α,β-unsaturated/α-hetero) is 1. The largest absolute Gasteiger partial charge is 0.487 e. The number of aromatic nitrogens is 4. The topological polar surface area (TPSA) is 113 Å². The number of ketones is 1. The minimum Gasteiger partial charge on any atom is -0.487 e. The number of nitrogens with zero attached hydrogens (tertiary/aromatic N) is 3. The predicted molar refractivity (Wildman–Crippen MR) is 149 cm³/mol. The Bertz CT molecular complexity index is 1920. The van der Waals surface area contributed by atoms with E-state index in [2.05, 4.69) is 21.9 Å². The van der Waals surface area contributed by atoms with Crippen molar-refractivity contribution in [3.8, 4) is 28.1 Å². The summed E-state index contributed by atoms with van der Waals surface area (Å²) in [5.74, 6) is 0.555. The van der Waals surface area contributed by atoms with Gasteiger partial charge in [-0.1, -0.05) is 30.3 Å². The monoisotopic (exact) mass is 521 g/mol. The van der Waals surface area contributed by atoms with E-state index in [0.29, 0.717) is 58.4 Å². The molecule has 2 unspecified atom stereocenters. The molecule has 1 fully saturated rings. The highest BCUT2D eigenvalue weighted by Gasteiger charge is 2.31. The number of benzene rings is 3. The molecule has 2 aliphatic rings. The number of ether oxygens (including phenoxy) is 1. The fraction of sp³-hybridized carbons (Fsp3) is 0.267. The summed E-state index contributed by atoms with van der Waals surface area (Å²) in [5.41, 5.74) is 4.24. The van der Waals surface area contributed by atoms with E-state index >= 15 is 0 Å². The van der Waals surface area contributed by atoms with Gasteiger partial charge in [-0.3, -0.25) is 29.1 Å². The maximum atomic E-state index is 13.4. The van der Waals surface area contributed by atoms with Gasteiger partial charge in [0.05, 0.1) is 23.0 Å². The van der Waals surface area contributed by atoms with Gasteiger partial charge in [-0.2, -0.15) is 0 Å². The van der Waals surface area contributed by atoms with Crippen LogP contribution in [0.1, 0.15) is 30.6 Å². The second kappa shape index (κ2) is 8.78. The zero-order chi connectivity index (χ0) is 26.8. The standard InChI is InChI=1S/C30H27N5O4/c1-16-11-21-15-34(16)9-10-35-30(38)23-8-4-7-22(26(23)33-35)27-29(37)31-24-13-20(14-25(39-21)28(24)32-27)19-6-3-5-18(12-19)17(2)36/h3-8,12-14,16,21,33H,9-11,15H2,1-2H3,(H,31,37)/t16-,21?/m1/s1. The third kappa shape index (κ3) is 3.88. The highest BCUT2D eigenvalue weighted by atomic mass is 16.5. The number of nitrogens with one attached hydrogen (secondary N) is 2. The molecule has 2 aromatic heterocycles. The fourth-order valence-corrected chi connectivity index (χ4v) is 5.91. The number of carbonyl (C=O) groups excluding carboxylic acids is 1. The van der Waals surface area contributed by atoms with Crippen LogP contribution in [-0.4, -0.2) is 55.7 Å². The van der Waals surface area contributed by atoms with Crippen molar-refractivity contribution in [2.24, 2.45) is 0 Å². The molecular formula is C30H27N5O4. The van der Waals surface area contributed by atoms with Crippen molar-refractivity contribution in [2.45, 2.75) is 39.0 Å². The summed E-state index contributed by atoms with van der Waals surface area (Å²) in [6.07, 6.45) is 0.743. The third-order valence-corrected chi connectivity index (χ3v) is 7.98. The van der Waals surface area contributed by atoms with E-state index in [1.807, 2.05) is 30.3 Å². The number of fused-ring (bicyclic) bond motifs is 5. The van der Waals surface area contributed by atoms with Crippen LogP contribution < -0.4 is 15.9 Å². The van der Waals surface area contributed by atoms with Gasteiger partial charge in [-0.25, -0.2) is 4.98 Å². The Kier molecular flexibility index (Phi) is 5.31. The second-order valence-electron chi connectivity index (χ2n) is 10.5. The van der Waals surface area contributed by atoms with Crippen molar-refractivity contribution in [3.05, 3.63) is 80.9 Å². The molecule has 0 radical (unpaired) electrons. The molecule has 9 heteroatoms. The van der Waals surface area contributed by atoms with Crippen LogP contribution in [0.3, 0.4) is 0 Å². The first-order chi connectivity index (χ1) is 18.9. The first kappa shape index (κ1) is 23.6. The summed E-state index contributed by atoms with van der Waals surface area (Å²) in [6.45, 7) is 5.62. The summed E-state index contributed by atoms with van der Waals surface area (Å²) in [4.78, 5) is 48.8. The molecule has 4 heterocycles. The fourth-order valence-electron chi connectivity index (χ4n) is 5.91. The lowest BCUT2D eigenvalue weighted by Gasteiger charge is -2.21. The Balaban J connectivity index is 1.49. The van der Waals surface area contributed by atoms with E-state index in [-0.39, 0.29) is 34.7 Å². The highest BCUT2D eigenvalue weighted by Crippen LogP contribution is 2.35. The molecule has 6 bridgehead atoms. The van der Waals surface area contributed by atoms with Gasteiger partial charge in [-0.05, 0) is 49.2 Å². The minimum atomic E-state index is -0.364. The molecule has 0 aliphatic carbocycles. The van der Waals surface area contributed by atoms with Gasteiger partial charge in [0.2, 0.25) is 0 Å². The summed E-state index contributed by atoms with van der Waals surface area (Å²) < 4.78 is 8.24. The molecule has 7 rings (SSSR count). The smallest absolute Gasteiger partial charge is 0.275 e. The molecule has 1 saturated heterocycles. The summed E-state index contributed by atoms with van der Waals surface area (Å²) in [6, 6.07) is 16.9. The van der Waals surface area contributed by atoms with Crippen molar-refractivity contribution >= 4 is 27.7 Å². The van der Waals surface area contributed by atoms with E-state index in [1.54, 1.807) is 35.9 Å². The quantitative estimate of drug-likeness (QED) is 0.340. The molecule has 196 valence electrons. The number of carbonyl (C=O) groups is 1. The van der Waals surface area contributed by atoms with Crippen LogP contribution in [0.15, 0.2) is 64.2 Å². The Labute approximate surface area is 223 Å².